The van der Waals surface area contributed by atoms with Crippen molar-refractivity contribution in [3.05, 3.63) is 89.0 Å². The van der Waals surface area contributed by atoms with E-state index in [2.05, 4.69) is 9.71 Å². The minimum absolute atomic E-state index is 0.0289. The number of fused-ring (bicyclic) bond motifs is 1. The van der Waals surface area contributed by atoms with Crippen LogP contribution in [0.25, 0.3) is 0 Å². The summed E-state index contributed by atoms with van der Waals surface area (Å²) < 4.78 is 47.4. The second-order valence-corrected chi connectivity index (χ2v) is 8.90. The molecule has 0 fully saturated rings. The lowest BCUT2D eigenvalue weighted by Gasteiger charge is -2.17. The molecule has 1 aliphatic rings. The molecule has 1 aliphatic heterocycles. The van der Waals surface area contributed by atoms with Gasteiger partial charge in [-0.3, -0.25) is 24.2 Å². The molecule has 0 aliphatic carbocycles. The van der Waals surface area contributed by atoms with E-state index in [0.29, 0.717) is 0 Å². The first kappa shape index (κ1) is 23.1. The van der Waals surface area contributed by atoms with E-state index in [1.807, 2.05) is 0 Å². The molecule has 0 bridgehead atoms. The third-order valence-electron chi connectivity index (χ3n) is 5.03. The highest BCUT2D eigenvalue weighted by molar-refractivity contribution is 7.92. The number of hydrogen-bond donors (Lipinski definition) is 1. The fraction of sp³-hybridized carbons (Fsp3) is 0.130. The van der Waals surface area contributed by atoms with Crippen LogP contribution in [-0.2, 0) is 21.3 Å². The number of esters is 1. The number of pyridine rings is 1. The van der Waals surface area contributed by atoms with E-state index < -0.39 is 45.1 Å². The van der Waals surface area contributed by atoms with Crippen molar-refractivity contribution in [2.24, 2.45) is 0 Å². The Balaban J connectivity index is 1.61. The monoisotopic (exact) mass is 483 g/mol. The Morgan fingerprint density at radius 3 is 2.50 bits per heavy atom. The summed E-state index contributed by atoms with van der Waals surface area (Å²) in [6, 6.07) is 11.5. The minimum Gasteiger partial charge on any atom is -0.462 e. The summed E-state index contributed by atoms with van der Waals surface area (Å²) in [5.41, 5.74) is 0.466. The van der Waals surface area contributed by atoms with E-state index in [1.165, 1.54) is 48.7 Å². The molecule has 11 heteroatoms. The Kier molecular flexibility index (Phi) is 6.12. The highest BCUT2D eigenvalue weighted by Crippen LogP contribution is 2.27. The second kappa shape index (κ2) is 9.02. The number of nitrogens with one attached hydrogen (secondary N) is 1. The summed E-state index contributed by atoms with van der Waals surface area (Å²) in [6.45, 7) is 1.46. The number of anilines is 1. The summed E-state index contributed by atoms with van der Waals surface area (Å²) in [7, 11) is -4.32. The van der Waals surface area contributed by atoms with Gasteiger partial charge >= 0.3 is 5.97 Å². The number of hydrogen-bond acceptors (Lipinski definition) is 7. The summed E-state index contributed by atoms with van der Waals surface area (Å²) in [5.74, 6) is -2.66. The first-order chi connectivity index (χ1) is 16.2. The van der Waals surface area contributed by atoms with E-state index in [4.69, 9.17) is 4.74 Å². The van der Waals surface area contributed by atoms with Crippen molar-refractivity contribution in [2.75, 3.05) is 11.3 Å². The van der Waals surface area contributed by atoms with Crippen molar-refractivity contribution in [3.63, 3.8) is 0 Å². The van der Waals surface area contributed by atoms with Crippen LogP contribution in [0.2, 0.25) is 0 Å². The predicted molar refractivity (Wildman–Crippen MR) is 118 cm³/mol. The number of benzene rings is 2. The number of aromatic nitrogens is 1. The van der Waals surface area contributed by atoms with Crippen LogP contribution in [0.4, 0.5) is 10.1 Å². The molecule has 0 atom stereocenters. The third-order valence-corrected chi connectivity index (χ3v) is 6.49. The molecular weight excluding hydrogens is 465 g/mol. The number of sulfonamides is 1. The maximum Gasteiger partial charge on any atom is 0.338 e. The molecule has 174 valence electrons. The largest absolute Gasteiger partial charge is 0.462 e. The number of carbonyl (C=O) groups excluding carboxylic acids is 3. The average molecular weight is 483 g/mol. The molecule has 1 aromatic heterocycles. The summed E-state index contributed by atoms with van der Waals surface area (Å²) in [6.07, 6.45) is 1.37. The number of rotatable bonds is 7. The zero-order valence-electron chi connectivity index (χ0n) is 17.8. The molecule has 0 saturated heterocycles. The van der Waals surface area contributed by atoms with Crippen LogP contribution in [0.15, 0.2) is 65.7 Å². The number of nitrogens with zero attached hydrogens (tertiary/aromatic N) is 2. The Morgan fingerprint density at radius 2 is 1.82 bits per heavy atom. The summed E-state index contributed by atoms with van der Waals surface area (Å²) in [4.78, 5) is 41.4. The number of amides is 2. The van der Waals surface area contributed by atoms with Crippen LogP contribution in [-0.4, -0.2) is 42.7 Å². The summed E-state index contributed by atoms with van der Waals surface area (Å²) in [5, 5.41) is 0. The van der Waals surface area contributed by atoms with Crippen molar-refractivity contribution < 1.29 is 31.9 Å². The maximum absolute atomic E-state index is 14.0. The van der Waals surface area contributed by atoms with Crippen molar-refractivity contribution in [1.82, 2.24) is 9.88 Å². The van der Waals surface area contributed by atoms with Gasteiger partial charge in [0.05, 0.1) is 29.2 Å². The van der Waals surface area contributed by atoms with E-state index in [1.54, 1.807) is 6.92 Å². The van der Waals surface area contributed by atoms with Gasteiger partial charge in [0.2, 0.25) is 0 Å². The highest BCUT2D eigenvalue weighted by atomic mass is 32.2. The number of carbonyl (C=O) groups is 3. The number of imide groups is 1. The molecular formula is C23H18FN3O6S. The molecule has 9 nitrogen and oxygen atoms in total. The topological polar surface area (TPSA) is 123 Å². The van der Waals surface area contributed by atoms with Crippen molar-refractivity contribution in [2.45, 2.75) is 18.4 Å². The molecule has 0 unspecified atom stereocenters. The van der Waals surface area contributed by atoms with E-state index in [-0.39, 0.29) is 34.7 Å². The van der Waals surface area contributed by atoms with Crippen LogP contribution in [0.3, 0.4) is 0 Å². The maximum atomic E-state index is 14.0. The zero-order chi connectivity index (χ0) is 24.5. The lowest BCUT2D eigenvalue weighted by Crippen LogP contribution is -2.30. The van der Waals surface area contributed by atoms with Gasteiger partial charge in [-0.05, 0) is 61.0 Å². The summed E-state index contributed by atoms with van der Waals surface area (Å²) >= 11 is 0. The van der Waals surface area contributed by atoms with Gasteiger partial charge in [0.1, 0.15) is 11.5 Å². The van der Waals surface area contributed by atoms with Crippen molar-refractivity contribution in [3.8, 4) is 0 Å². The fourth-order valence-corrected chi connectivity index (χ4v) is 4.74. The molecule has 0 spiro atoms. The molecule has 2 amide bonds. The van der Waals surface area contributed by atoms with Gasteiger partial charge in [0, 0.05) is 11.9 Å². The fourth-order valence-electron chi connectivity index (χ4n) is 3.44. The smallest absolute Gasteiger partial charge is 0.338 e. The van der Waals surface area contributed by atoms with Crippen LogP contribution >= 0.6 is 0 Å². The molecule has 4 rings (SSSR count). The normalized spacial score (nSPS) is 13.1. The highest BCUT2D eigenvalue weighted by Gasteiger charge is 2.37. The quantitative estimate of drug-likeness (QED) is 0.405. The minimum atomic E-state index is -4.32. The van der Waals surface area contributed by atoms with E-state index in [9.17, 15) is 27.2 Å². The van der Waals surface area contributed by atoms with Gasteiger partial charge in [-0.1, -0.05) is 6.07 Å². The average Bonchev–Trinajstić information content (AvgIpc) is 3.05. The van der Waals surface area contributed by atoms with Gasteiger partial charge in [0.15, 0.2) is 0 Å². The lowest BCUT2D eigenvalue weighted by molar-refractivity contribution is 0.0525. The van der Waals surface area contributed by atoms with Crippen LogP contribution in [0, 0.1) is 5.82 Å². The second-order valence-electron chi connectivity index (χ2n) is 7.25. The number of halogens is 1. The van der Waals surface area contributed by atoms with Crippen molar-refractivity contribution in [1.29, 1.82) is 0 Å². The molecule has 2 aromatic carbocycles. The van der Waals surface area contributed by atoms with Gasteiger partial charge in [0.25, 0.3) is 21.8 Å². The van der Waals surface area contributed by atoms with Crippen molar-refractivity contribution >= 4 is 33.5 Å². The predicted octanol–water partition coefficient (Wildman–Crippen LogP) is 2.99. The van der Waals surface area contributed by atoms with Gasteiger partial charge in [-0.2, -0.15) is 0 Å². The van der Waals surface area contributed by atoms with Crippen LogP contribution < -0.4 is 4.72 Å². The third kappa shape index (κ3) is 4.37. The molecule has 3 aromatic rings. The Bertz CT molecular complexity index is 1370. The molecule has 0 radical (unpaired) electrons. The first-order valence-electron chi connectivity index (χ1n) is 10.1. The van der Waals surface area contributed by atoms with Crippen LogP contribution in [0.1, 0.15) is 43.7 Å². The van der Waals surface area contributed by atoms with E-state index >= 15 is 0 Å². The van der Waals surface area contributed by atoms with Crippen LogP contribution in [0.5, 0.6) is 0 Å². The van der Waals surface area contributed by atoms with Gasteiger partial charge in [-0.15, -0.1) is 0 Å². The van der Waals surface area contributed by atoms with Gasteiger partial charge in [-0.25, -0.2) is 17.6 Å². The van der Waals surface area contributed by atoms with Gasteiger partial charge < -0.3 is 4.74 Å². The van der Waals surface area contributed by atoms with E-state index in [0.717, 1.165) is 17.0 Å². The molecule has 2 heterocycles. The Hall–Kier alpha value is -4.12. The molecule has 34 heavy (non-hydrogen) atoms. The molecule has 0 saturated carbocycles. The Labute approximate surface area is 194 Å². The Morgan fingerprint density at radius 1 is 1.09 bits per heavy atom. The number of ether oxygens (including phenoxy) is 1. The lowest BCUT2D eigenvalue weighted by atomic mass is 10.2. The molecule has 1 N–H and O–H groups in total. The standard InChI is InChI=1S/C23H18FN3O6S/c1-2-33-23(30)14-6-9-17(10-7-14)26-34(31,32)19-12-16(24)8-5-15(19)13-27-21(28)18-4-3-11-25-20(18)22(27)29/h3-12,26H,2,13H2,1H3. The SMILES string of the molecule is CCOC(=O)c1ccc(NS(=O)(=O)c2cc(F)ccc2CN2C(=O)c3cccnc3C2=O)cc1. The first-order valence-corrected chi connectivity index (χ1v) is 11.6. The zero-order valence-corrected chi connectivity index (χ0v) is 18.6.